The molecule has 0 bridgehead atoms. The highest BCUT2D eigenvalue weighted by molar-refractivity contribution is 5.96. The topological polar surface area (TPSA) is 56.8 Å². The normalized spacial score (nSPS) is 11.9. The Labute approximate surface area is 161 Å². The highest BCUT2D eigenvalue weighted by Crippen LogP contribution is 2.34. The third-order valence-electron chi connectivity index (χ3n) is 4.35. The second kappa shape index (κ2) is 9.67. The van der Waals surface area contributed by atoms with Crippen molar-refractivity contribution < 1.29 is 19.0 Å². The van der Waals surface area contributed by atoms with Gasteiger partial charge in [0.1, 0.15) is 5.75 Å². The molecular formula is C22H27NO4. The van der Waals surface area contributed by atoms with E-state index >= 15 is 0 Å². The zero-order valence-electron chi connectivity index (χ0n) is 16.5. The first-order valence-corrected chi connectivity index (χ1v) is 8.91. The first-order chi connectivity index (χ1) is 13.1. The molecule has 0 saturated heterocycles. The summed E-state index contributed by atoms with van der Waals surface area (Å²) in [6.45, 7) is 3.95. The number of carbonyl (C=O) groups is 1. The number of hydrogen-bond donors (Lipinski definition) is 1. The maximum absolute atomic E-state index is 12.9. The Bertz CT molecular complexity index is 797. The monoisotopic (exact) mass is 369 g/mol. The summed E-state index contributed by atoms with van der Waals surface area (Å²) in [6.07, 6.45) is 4.55. The number of benzene rings is 2. The highest BCUT2D eigenvalue weighted by Gasteiger charge is 2.18. The van der Waals surface area contributed by atoms with Crippen LogP contribution in [0, 0.1) is 0 Å². The van der Waals surface area contributed by atoms with Crippen molar-refractivity contribution in [1.29, 1.82) is 0 Å². The van der Waals surface area contributed by atoms with E-state index in [1.807, 2.05) is 50.3 Å². The minimum absolute atomic E-state index is 0.0957. The maximum atomic E-state index is 12.9. The lowest BCUT2D eigenvalue weighted by Crippen LogP contribution is -2.28. The molecule has 2 rings (SSSR count). The van der Waals surface area contributed by atoms with Crippen LogP contribution < -0.4 is 19.5 Å². The molecule has 1 atom stereocenters. The Morgan fingerprint density at radius 3 is 2.30 bits per heavy atom. The molecule has 0 aromatic heterocycles. The largest absolute Gasteiger partial charge is 0.497 e. The second-order valence-corrected chi connectivity index (χ2v) is 6.01. The Kier molecular flexibility index (Phi) is 7.29. The molecule has 0 spiro atoms. The van der Waals surface area contributed by atoms with Gasteiger partial charge in [0, 0.05) is 11.1 Å². The summed E-state index contributed by atoms with van der Waals surface area (Å²) in [4.78, 5) is 12.9. The number of amides is 1. The Balaban J connectivity index is 2.30. The second-order valence-electron chi connectivity index (χ2n) is 6.01. The van der Waals surface area contributed by atoms with Crippen molar-refractivity contribution in [1.82, 2.24) is 5.32 Å². The van der Waals surface area contributed by atoms with Crippen molar-refractivity contribution in [3.05, 3.63) is 59.2 Å². The summed E-state index contributed by atoms with van der Waals surface area (Å²) >= 11 is 0. The molecule has 2 aromatic carbocycles. The van der Waals surface area contributed by atoms with E-state index in [-0.39, 0.29) is 11.9 Å². The lowest BCUT2D eigenvalue weighted by atomic mass is 10.0. The quantitative estimate of drug-likeness (QED) is 0.737. The Morgan fingerprint density at radius 2 is 1.78 bits per heavy atom. The van der Waals surface area contributed by atoms with Gasteiger partial charge in [0.05, 0.1) is 27.4 Å². The van der Waals surface area contributed by atoms with Crippen LogP contribution in [0.2, 0.25) is 0 Å². The van der Waals surface area contributed by atoms with Gasteiger partial charge in [-0.05, 0) is 43.2 Å². The number of hydrogen-bond acceptors (Lipinski definition) is 4. The Morgan fingerprint density at radius 1 is 1.07 bits per heavy atom. The summed E-state index contributed by atoms with van der Waals surface area (Å²) in [5.41, 5.74) is 2.34. The molecule has 5 heteroatoms. The van der Waals surface area contributed by atoms with Crippen LogP contribution in [0.5, 0.6) is 17.2 Å². The van der Waals surface area contributed by atoms with E-state index in [4.69, 9.17) is 14.2 Å². The third-order valence-corrected chi connectivity index (χ3v) is 4.35. The maximum Gasteiger partial charge on any atom is 0.251 e. The molecule has 27 heavy (non-hydrogen) atoms. The van der Waals surface area contributed by atoms with Gasteiger partial charge in [-0.15, -0.1) is 0 Å². The predicted molar refractivity (Wildman–Crippen MR) is 108 cm³/mol. The first kappa shape index (κ1) is 20.4. The highest BCUT2D eigenvalue weighted by atomic mass is 16.5. The molecule has 1 N–H and O–H groups in total. The number of nitrogens with one attached hydrogen (secondary N) is 1. The smallest absolute Gasteiger partial charge is 0.251 e. The fourth-order valence-electron chi connectivity index (χ4n) is 2.93. The molecule has 0 radical (unpaired) electrons. The van der Waals surface area contributed by atoms with E-state index in [1.54, 1.807) is 33.5 Å². The summed E-state index contributed by atoms with van der Waals surface area (Å²) < 4.78 is 16.0. The average Bonchev–Trinajstić information content (AvgIpc) is 2.71. The van der Waals surface area contributed by atoms with E-state index in [1.165, 1.54) is 0 Å². The van der Waals surface area contributed by atoms with Gasteiger partial charge in [0.15, 0.2) is 11.5 Å². The molecule has 0 aliphatic heterocycles. The van der Waals surface area contributed by atoms with Gasteiger partial charge >= 0.3 is 0 Å². The summed E-state index contributed by atoms with van der Waals surface area (Å²) in [5.74, 6) is 1.75. The number of carbonyl (C=O) groups excluding carboxylic acids is 1. The van der Waals surface area contributed by atoms with Gasteiger partial charge in [-0.3, -0.25) is 4.79 Å². The molecule has 0 aliphatic carbocycles. The third kappa shape index (κ3) is 4.82. The van der Waals surface area contributed by atoms with Crippen molar-refractivity contribution in [2.75, 3.05) is 21.3 Å². The molecule has 144 valence electrons. The zero-order chi connectivity index (χ0) is 19.8. The summed E-state index contributed by atoms with van der Waals surface area (Å²) in [6, 6.07) is 11.1. The molecular weight excluding hydrogens is 342 g/mol. The molecule has 0 fully saturated rings. The minimum atomic E-state index is -0.163. The van der Waals surface area contributed by atoms with Crippen LogP contribution in [-0.4, -0.2) is 27.2 Å². The molecule has 0 aliphatic rings. The standard InChI is InChI=1S/C22H27NO4/c1-6-8-16-13-17(14-20(26-4)21(16)27-5)22(24)23-19(7-2)15-9-11-18(25-3)12-10-15/h6,8-14,19H,7H2,1-5H3,(H,23,24)/b8-6-/t19-/m0/s1. The summed E-state index contributed by atoms with van der Waals surface area (Å²) in [5, 5.41) is 3.09. The number of allylic oxidation sites excluding steroid dienone is 1. The van der Waals surface area contributed by atoms with Gasteiger partial charge in [-0.2, -0.15) is 0 Å². The van der Waals surface area contributed by atoms with Gasteiger partial charge in [-0.25, -0.2) is 0 Å². The zero-order valence-corrected chi connectivity index (χ0v) is 16.5. The van der Waals surface area contributed by atoms with E-state index in [0.717, 1.165) is 23.3 Å². The van der Waals surface area contributed by atoms with Crippen LogP contribution in [0.3, 0.4) is 0 Å². The van der Waals surface area contributed by atoms with E-state index < -0.39 is 0 Å². The predicted octanol–water partition coefficient (Wildman–Crippen LogP) is 4.63. The summed E-state index contributed by atoms with van der Waals surface area (Å²) in [7, 11) is 4.78. The fraction of sp³-hybridized carbons (Fsp3) is 0.318. The van der Waals surface area contributed by atoms with Gasteiger partial charge in [-0.1, -0.05) is 31.2 Å². The van der Waals surface area contributed by atoms with Crippen LogP contribution in [0.15, 0.2) is 42.5 Å². The van der Waals surface area contributed by atoms with Gasteiger partial charge in [0.25, 0.3) is 5.91 Å². The van der Waals surface area contributed by atoms with Crippen LogP contribution in [0.4, 0.5) is 0 Å². The van der Waals surface area contributed by atoms with Gasteiger partial charge < -0.3 is 19.5 Å². The minimum Gasteiger partial charge on any atom is -0.497 e. The van der Waals surface area contributed by atoms with Crippen molar-refractivity contribution in [2.45, 2.75) is 26.3 Å². The van der Waals surface area contributed by atoms with Crippen LogP contribution >= 0.6 is 0 Å². The molecule has 2 aromatic rings. The van der Waals surface area contributed by atoms with Crippen molar-refractivity contribution in [3.8, 4) is 17.2 Å². The van der Waals surface area contributed by atoms with Crippen LogP contribution in [-0.2, 0) is 0 Å². The molecule has 0 heterocycles. The van der Waals surface area contributed by atoms with E-state index in [2.05, 4.69) is 5.32 Å². The number of ether oxygens (including phenoxy) is 3. The first-order valence-electron chi connectivity index (χ1n) is 8.91. The molecule has 0 unspecified atom stereocenters. The van der Waals surface area contributed by atoms with E-state index in [9.17, 15) is 4.79 Å². The van der Waals surface area contributed by atoms with Crippen LogP contribution in [0.25, 0.3) is 6.08 Å². The van der Waals surface area contributed by atoms with Gasteiger partial charge in [0.2, 0.25) is 0 Å². The SMILES string of the molecule is C/C=C\c1cc(C(=O)N[C@@H](CC)c2ccc(OC)cc2)cc(OC)c1OC. The van der Waals surface area contributed by atoms with E-state index in [0.29, 0.717) is 17.1 Å². The van der Waals surface area contributed by atoms with Crippen molar-refractivity contribution in [2.24, 2.45) is 0 Å². The van der Waals surface area contributed by atoms with Crippen molar-refractivity contribution in [3.63, 3.8) is 0 Å². The number of methoxy groups -OCH3 is 3. The van der Waals surface area contributed by atoms with Crippen LogP contribution in [0.1, 0.15) is 47.8 Å². The average molecular weight is 369 g/mol. The fourth-order valence-corrected chi connectivity index (χ4v) is 2.93. The lowest BCUT2D eigenvalue weighted by molar-refractivity contribution is 0.0935. The molecule has 5 nitrogen and oxygen atoms in total. The number of rotatable bonds is 8. The van der Waals surface area contributed by atoms with Crippen molar-refractivity contribution >= 4 is 12.0 Å². The molecule has 0 saturated carbocycles. The Hall–Kier alpha value is -2.95. The lowest BCUT2D eigenvalue weighted by Gasteiger charge is -2.19. The molecule has 1 amide bonds.